The minimum atomic E-state index is -0.580. The van der Waals surface area contributed by atoms with E-state index in [0.717, 1.165) is 6.42 Å². The summed E-state index contributed by atoms with van der Waals surface area (Å²) in [5, 5.41) is 2.81. The molecule has 4 nitrogen and oxygen atoms in total. The molecule has 0 spiro atoms. The van der Waals surface area contributed by atoms with E-state index in [1.54, 1.807) is 11.8 Å². The highest BCUT2D eigenvalue weighted by Crippen LogP contribution is 2.17. The third kappa shape index (κ3) is 4.89. The Morgan fingerprint density at radius 1 is 1.43 bits per heavy atom. The number of halogens is 2. The molecule has 1 saturated heterocycles. The van der Waals surface area contributed by atoms with Crippen LogP contribution in [0.15, 0.2) is 18.2 Å². The van der Waals surface area contributed by atoms with Crippen molar-refractivity contribution in [1.29, 1.82) is 0 Å². The maximum Gasteiger partial charge on any atom is 0.317 e. The molecule has 0 saturated carbocycles. The van der Waals surface area contributed by atoms with Gasteiger partial charge in [0.15, 0.2) is 0 Å². The number of amides is 2. The molecule has 0 aromatic heterocycles. The van der Waals surface area contributed by atoms with Gasteiger partial charge in [-0.15, -0.1) is 0 Å². The third-order valence-corrected chi connectivity index (χ3v) is 4.07. The monoisotopic (exact) mass is 326 g/mol. The van der Waals surface area contributed by atoms with Gasteiger partial charge >= 0.3 is 6.03 Å². The van der Waals surface area contributed by atoms with Gasteiger partial charge in [0.05, 0.1) is 6.61 Å². The fraction of sp³-hybridized carbons (Fsp3) is 0.588. The summed E-state index contributed by atoms with van der Waals surface area (Å²) in [6.07, 6.45) is 1.05. The number of ether oxygens (including phenoxy) is 1. The van der Waals surface area contributed by atoms with Crippen LogP contribution in [0.5, 0.6) is 0 Å². The Morgan fingerprint density at radius 3 is 2.78 bits per heavy atom. The zero-order valence-corrected chi connectivity index (χ0v) is 13.6. The molecule has 23 heavy (non-hydrogen) atoms. The highest BCUT2D eigenvalue weighted by molar-refractivity contribution is 5.74. The molecule has 1 fully saturated rings. The van der Waals surface area contributed by atoms with Crippen LogP contribution >= 0.6 is 0 Å². The smallest absolute Gasteiger partial charge is 0.317 e. The summed E-state index contributed by atoms with van der Waals surface area (Å²) < 4.78 is 32.7. The lowest BCUT2D eigenvalue weighted by atomic mass is 10.1. The molecule has 1 heterocycles. The van der Waals surface area contributed by atoms with Gasteiger partial charge in [-0.25, -0.2) is 13.6 Å². The minimum absolute atomic E-state index is 0.0101. The van der Waals surface area contributed by atoms with Crippen LogP contribution in [0, 0.1) is 17.6 Å². The second kappa shape index (κ2) is 8.24. The van der Waals surface area contributed by atoms with Crippen LogP contribution in [0.1, 0.15) is 25.8 Å². The molecule has 1 aromatic carbocycles. The number of hydrogen-bond acceptors (Lipinski definition) is 2. The summed E-state index contributed by atoms with van der Waals surface area (Å²) in [5.41, 5.74) is 0.0101. The van der Waals surface area contributed by atoms with Crippen molar-refractivity contribution in [2.24, 2.45) is 5.92 Å². The van der Waals surface area contributed by atoms with Crippen LogP contribution in [-0.4, -0.2) is 43.3 Å². The quantitative estimate of drug-likeness (QED) is 0.873. The van der Waals surface area contributed by atoms with E-state index in [2.05, 4.69) is 5.32 Å². The van der Waals surface area contributed by atoms with E-state index in [9.17, 15) is 13.6 Å². The van der Waals surface area contributed by atoms with E-state index in [1.165, 1.54) is 18.2 Å². The first-order valence-corrected chi connectivity index (χ1v) is 8.07. The highest BCUT2D eigenvalue weighted by atomic mass is 19.1. The standard InChI is InChI=1S/C17H24F2N2O2/c1-3-23-11-13-7-8-21(10-13)17(22)20-12(2)9-14-15(18)5-4-6-16(14)19/h4-6,12-13H,3,7-11H2,1-2H3,(H,20,22)/t12-,13+/m1/s1. The second-order valence-corrected chi connectivity index (χ2v) is 6.02. The highest BCUT2D eigenvalue weighted by Gasteiger charge is 2.27. The van der Waals surface area contributed by atoms with Crippen LogP contribution in [0.4, 0.5) is 13.6 Å². The summed E-state index contributed by atoms with van der Waals surface area (Å²) in [4.78, 5) is 14.0. The van der Waals surface area contributed by atoms with E-state index in [4.69, 9.17) is 4.74 Å². The lowest BCUT2D eigenvalue weighted by Crippen LogP contribution is -2.43. The van der Waals surface area contributed by atoms with Crippen molar-refractivity contribution in [3.05, 3.63) is 35.4 Å². The molecule has 1 aliphatic heterocycles. The summed E-state index contributed by atoms with van der Waals surface area (Å²) in [6, 6.07) is 3.26. The van der Waals surface area contributed by atoms with Gasteiger partial charge in [-0.2, -0.15) is 0 Å². The summed E-state index contributed by atoms with van der Waals surface area (Å²) in [5.74, 6) is -0.798. The third-order valence-electron chi connectivity index (χ3n) is 4.07. The number of hydrogen-bond donors (Lipinski definition) is 1. The van der Waals surface area contributed by atoms with Gasteiger partial charge in [0, 0.05) is 37.2 Å². The van der Waals surface area contributed by atoms with Crippen molar-refractivity contribution in [3.63, 3.8) is 0 Å². The Morgan fingerprint density at radius 2 is 2.13 bits per heavy atom. The Labute approximate surface area is 135 Å². The van der Waals surface area contributed by atoms with Crippen LogP contribution in [0.3, 0.4) is 0 Å². The van der Waals surface area contributed by atoms with Gasteiger partial charge in [0.1, 0.15) is 11.6 Å². The number of benzene rings is 1. The first-order valence-electron chi connectivity index (χ1n) is 8.07. The molecule has 0 radical (unpaired) electrons. The van der Waals surface area contributed by atoms with Crippen LogP contribution in [0.2, 0.25) is 0 Å². The average Bonchev–Trinajstić information content (AvgIpc) is 2.98. The van der Waals surface area contributed by atoms with E-state index in [0.29, 0.717) is 32.2 Å². The SMILES string of the molecule is CCOC[C@H]1CCN(C(=O)N[C@H](C)Cc2c(F)cccc2F)C1. The van der Waals surface area contributed by atoms with Gasteiger partial charge in [0.25, 0.3) is 0 Å². The Bertz CT molecular complexity index is 519. The van der Waals surface area contributed by atoms with Crippen LogP contribution in [-0.2, 0) is 11.2 Å². The van der Waals surface area contributed by atoms with E-state index >= 15 is 0 Å². The topological polar surface area (TPSA) is 41.6 Å². The lowest BCUT2D eigenvalue weighted by molar-refractivity contribution is 0.113. The van der Waals surface area contributed by atoms with Gasteiger partial charge in [-0.05, 0) is 38.8 Å². The zero-order chi connectivity index (χ0) is 16.8. The normalized spacial score (nSPS) is 19.0. The van der Waals surface area contributed by atoms with Crippen LogP contribution in [0.25, 0.3) is 0 Å². The zero-order valence-electron chi connectivity index (χ0n) is 13.6. The fourth-order valence-corrected chi connectivity index (χ4v) is 2.82. The first-order chi connectivity index (χ1) is 11.0. The molecule has 2 atom stereocenters. The van der Waals surface area contributed by atoms with Crippen molar-refractivity contribution in [1.82, 2.24) is 10.2 Å². The molecular formula is C17H24F2N2O2. The molecule has 2 amide bonds. The summed E-state index contributed by atoms with van der Waals surface area (Å²) in [6.45, 7) is 6.38. The minimum Gasteiger partial charge on any atom is -0.381 e. The van der Waals surface area contributed by atoms with Crippen molar-refractivity contribution >= 4 is 6.03 Å². The number of carbonyl (C=O) groups is 1. The molecule has 0 unspecified atom stereocenters. The molecule has 128 valence electrons. The van der Waals surface area contributed by atoms with Crippen molar-refractivity contribution in [2.75, 3.05) is 26.3 Å². The predicted octanol–water partition coefficient (Wildman–Crippen LogP) is 2.96. The number of urea groups is 1. The molecule has 1 aliphatic rings. The molecular weight excluding hydrogens is 302 g/mol. The Kier molecular flexibility index (Phi) is 6.33. The van der Waals surface area contributed by atoms with Gasteiger partial charge in [0.2, 0.25) is 0 Å². The number of nitrogens with one attached hydrogen (secondary N) is 1. The number of likely N-dealkylation sites (tertiary alicyclic amines) is 1. The second-order valence-electron chi connectivity index (χ2n) is 6.02. The van der Waals surface area contributed by atoms with E-state index in [1.807, 2.05) is 6.92 Å². The van der Waals surface area contributed by atoms with Crippen molar-refractivity contribution < 1.29 is 18.3 Å². The molecule has 2 rings (SSSR count). The van der Waals surface area contributed by atoms with E-state index in [-0.39, 0.29) is 24.1 Å². The largest absolute Gasteiger partial charge is 0.381 e. The Hall–Kier alpha value is -1.69. The predicted molar refractivity (Wildman–Crippen MR) is 84.2 cm³/mol. The van der Waals surface area contributed by atoms with Crippen LogP contribution < -0.4 is 5.32 Å². The number of carbonyl (C=O) groups excluding carboxylic acids is 1. The molecule has 6 heteroatoms. The van der Waals surface area contributed by atoms with Gasteiger partial charge in [-0.1, -0.05) is 6.07 Å². The number of nitrogens with zero attached hydrogens (tertiary/aromatic N) is 1. The Balaban J connectivity index is 1.83. The molecule has 1 N–H and O–H groups in total. The molecule has 0 aliphatic carbocycles. The number of rotatable bonds is 6. The fourth-order valence-electron chi connectivity index (χ4n) is 2.82. The molecule has 1 aromatic rings. The maximum absolute atomic E-state index is 13.6. The van der Waals surface area contributed by atoms with Gasteiger partial charge < -0.3 is 15.0 Å². The van der Waals surface area contributed by atoms with Gasteiger partial charge in [-0.3, -0.25) is 0 Å². The molecule has 0 bridgehead atoms. The van der Waals surface area contributed by atoms with E-state index < -0.39 is 11.6 Å². The summed E-state index contributed by atoms with van der Waals surface area (Å²) in [7, 11) is 0. The average molecular weight is 326 g/mol. The van der Waals surface area contributed by atoms with Crippen molar-refractivity contribution in [3.8, 4) is 0 Å². The van der Waals surface area contributed by atoms with Crippen molar-refractivity contribution in [2.45, 2.75) is 32.7 Å². The first kappa shape index (κ1) is 17.7. The maximum atomic E-state index is 13.6. The summed E-state index contributed by atoms with van der Waals surface area (Å²) >= 11 is 0. The lowest BCUT2D eigenvalue weighted by Gasteiger charge is -2.21.